The predicted octanol–water partition coefficient (Wildman–Crippen LogP) is 11.1. The molecule has 0 saturated heterocycles. The third-order valence-electron chi connectivity index (χ3n) is 9.46. The molecule has 4 heteroatoms. The van der Waals surface area contributed by atoms with Crippen LogP contribution in [-0.4, -0.2) is 11.2 Å². The number of nitrogens with zero attached hydrogens (tertiary/aromatic N) is 1. The summed E-state index contributed by atoms with van der Waals surface area (Å²) in [6.45, 7) is 4.81. The average Bonchev–Trinajstić information content (AvgIpc) is 3.42. The Morgan fingerprint density at radius 2 is 1.15 bits per heavy atom. The van der Waals surface area contributed by atoms with Gasteiger partial charge >= 0.3 is 0 Å². The highest BCUT2D eigenvalue weighted by Gasteiger charge is 2.18. The molecule has 4 nitrogen and oxygen atoms in total. The third kappa shape index (κ3) is 7.77. The van der Waals surface area contributed by atoms with Gasteiger partial charge in [0.25, 0.3) is 0 Å². The van der Waals surface area contributed by atoms with E-state index in [9.17, 15) is 0 Å². The van der Waals surface area contributed by atoms with Crippen LogP contribution in [0.25, 0.3) is 22.2 Å². The highest BCUT2D eigenvalue weighted by Crippen LogP contribution is 2.37. The summed E-state index contributed by atoms with van der Waals surface area (Å²) in [5.41, 5.74) is 8.31. The van der Waals surface area contributed by atoms with Crippen LogP contribution in [-0.2, 0) is 19.8 Å². The van der Waals surface area contributed by atoms with E-state index in [1.54, 1.807) is 5.92 Å². The van der Waals surface area contributed by atoms with E-state index in [1.807, 2.05) is 36.4 Å². The number of aromatic nitrogens is 1. The topological polar surface area (TPSA) is 32.6 Å². The number of rotatable bonds is 13. The fraction of sp³-hybridized carbons (Fsp3) is 0.250. The molecule has 1 fully saturated rings. The maximum Gasteiger partial charge on any atom is 0.120 e. The van der Waals surface area contributed by atoms with Crippen molar-refractivity contribution >= 4 is 10.9 Å². The van der Waals surface area contributed by atoms with Gasteiger partial charge in [-0.25, -0.2) is 0 Å². The van der Waals surface area contributed by atoms with Crippen LogP contribution >= 0.6 is 0 Å². The van der Waals surface area contributed by atoms with Gasteiger partial charge in [-0.2, -0.15) is 0 Å². The second-order valence-corrected chi connectivity index (χ2v) is 12.9. The molecular weight excluding hydrogens is 590 g/mol. The Balaban J connectivity index is 1.13. The summed E-state index contributed by atoms with van der Waals surface area (Å²) in [5.74, 6) is 4.34. The minimum absolute atomic E-state index is 0.539. The van der Waals surface area contributed by atoms with Crippen molar-refractivity contribution in [1.29, 1.82) is 0 Å². The molecule has 1 saturated carbocycles. The summed E-state index contributed by atoms with van der Waals surface area (Å²) < 4.78 is 21.0. The van der Waals surface area contributed by atoms with Crippen LogP contribution in [0.1, 0.15) is 60.8 Å². The quantitative estimate of drug-likeness (QED) is 0.127. The first-order valence-corrected chi connectivity index (χ1v) is 17.3. The average molecular weight is 635 g/mol. The van der Waals surface area contributed by atoms with Gasteiger partial charge in [0.15, 0.2) is 0 Å². The fourth-order valence-corrected chi connectivity index (χ4v) is 6.81. The first-order chi connectivity index (χ1) is 23.7. The number of hydrogen-bond donors (Lipinski definition) is 0. The second kappa shape index (κ2) is 15.3. The van der Waals surface area contributed by atoms with Gasteiger partial charge in [0.2, 0.25) is 0 Å². The first kappa shape index (κ1) is 31.6. The van der Waals surface area contributed by atoms with E-state index in [4.69, 9.17) is 14.2 Å². The number of fused-ring (bicyclic) bond motifs is 1. The number of hydrogen-bond acceptors (Lipinski definition) is 3. The molecule has 1 heterocycles. The van der Waals surface area contributed by atoms with Gasteiger partial charge in [0, 0.05) is 17.4 Å². The number of ether oxygens (including phenoxy) is 3. The predicted molar refractivity (Wildman–Crippen MR) is 196 cm³/mol. The van der Waals surface area contributed by atoms with Crippen molar-refractivity contribution in [2.45, 2.75) is 65.2 Å². The van der Waals surface area contributed by atoms with Crippen LogP contribution in [0.4, 0.5) is 0 Å². The SMILES string of the molecule is Cc1c(-c2ccc(OCc3ccccc3)cc2)n(Cc2ccc(OCC[C]3CCCCC3)cc2)c2ccc(OCc3ccccc3)cc12. The van der Waals surface area contributed by atoms with E-state index >= 15 is 0 Å². The Morgan fingerprint density at radius 1 is 0.562 bits per heavy atom. The molecule has 1 aliphatic carbocycles. The normalized spacial score (nSPS) is 13.4. The molecule has 5 aromatic carbocycles. The molecule has 0 bridgehead atoms. The minimum atomic E-state index is 0.539. The molecule has 0 N–H and O–H groups in total. The van der Waals surface area contributed by atoms with Crippen molar-refractivity contribution in [2.24, 2.45) is 0 Å². The Labute approximate surface area is 284 Å². The molecular formula is C44H44NO3. The zero-order valence-electron chi connectivity index (χ0n) is 27.9. The van der Waals surface area contributed by atoms with Gasteiger partial charge in [-0.15, -0.1) is 0 Å². The van der Waals surface area contributed by atoms with E-state index < -0.39 is 0 Å². The molecule has 0 amide bonds. The molecule has 1 radical (unpaired) electrons. The zero-order chi connectivity index (χ0) is 32.5. The van der Waals surface area contributed by atoms with Gasteiger partial charge in [-0.1, -0.05) is 92.1 Å². The first-order valence-electron chi connectivity index (χ1n) is 17.3. The third-order valence-corrected chi connectivity index (χ3v) is 9.46. The Kier molecular flexibility index (Phi) is 10.1. The van der Waals surface area contributed by atoms with Crippen LogP contribution in [0, 0.1) is 12.8 Å². The number of aryl methyl sites for hydroxylation is 1. The lowest BCUT2D eigenvalue weighted by Gasteiger charge is -2.20. The Morgan fingerprint density at radius 3 is 1.81 bits per heavy atom. The van der Waals surface area contributed by atoms with E-state index in [2.05, 4.69) is 102 Å². The van der Waals surface area contributed by atoms with Gasteiger partial charge in [-0.3, -0.25) is 0 Å². The molecule has 7 rings (SSSR count). The lowest BCUT2D eigenvalue weighted by molar-refractivity contribution is 0.303. The van der Waals surface area contributed by atoms with Crippen LogP contribution in [0.3, 0.4) is 0 Å². The van der Waals surface area contributed by atoms with E-state index in [1.165, 1.54) is 59.8 Å². The molecule has 1 aliphatic rings. The van der Waals surface area contributed by atoms with Crippen molar-refractivity contribution in [3.05, 3.63) is 156 Å². The lowest BCUT2D eigenvalue weighted by Crippen LogP contribution is -2.09. The summed E-state index contributed by atoms with van der Waals surface area (Å²) in [7, 11) is 0. The molecule has 0 aliphatic heterocycles. The Hall–Kier alpha value is -4.96. The molecule has 0 unspecified atom stereocenters. The van der Waals surface area contributed by atoms with Crippen LogP contribution < -0.4 is 14.2 Å². The highest BCUT2D eigenvalue weighted by molar-refractivity contribution is 5.92. The minimum Gasteiger partial charge on any atom is -0.494 e. The maximum atomic E-state index is 6.25. The van der Waals surface area contributed by atoms with E-state index in [0.717, 1.165) is 53.5 Å². The van der Waals surface area contributed by atoms with Crippen molar-refractivity contribution in [3.8, 4) is 28.5 Å². The number of benzene rings is 5. The van der Waals surface area contributed by atoms with E-state index in [-0.39, 0.29) is 0 Å². The summed E-state index contributed by atoms with van der Waals surface area (Å²) in [6, 6.07) is 44.2. The van der Waals surface area contributed by atoms with Gasteiger partial charge in [-0.05, 0) is 115 Å². The summed E-state index contributed by atoms with van der Waals surface area (Å²) in [4.78, 5) is 0. The standard InChI is InChI=1S/C44H44NO3/c1-33-42-29-41(48-32-37-15-9-4-10-16-37)25-26-43(42)45(30-35-17-21-39(22-18-35)46-28-27-34-11-5-2-6-12-34)44(33)38-19-23-40(24-20-38)47-31-36-13-7-3-8-14-36/h3-4,7-10,13-26,29H,2,5-6,11-12,27-28,30-32H2,1H3. The lowest BCUT2D eigenvalue weighted by atomic mass is 9.87. The summed E-state index contributed by atoms with van der Waals surface area (Å²) in [6.07, 6.45) is 7.69. The van der Waals surface area contributed by atoms with Crippen LogP contribution in [0.15, 0.2) is 127 Å². The molecule has 243 valence electrons. The summed E-state index contributed by atoms with van der Waals surface area (Å²) in [5, 5.41) is 1.19. The Bertz CT molecular complexity index is 1890. The molecule has 0 spiro atoms. The second-order valence-electron chi connectivity index (χ2n) is 12.9. The van der Waals surface area contributed by atoms with E-state index in [0.29, 0.717) is 13.2 Å². The smallest absolute Gasteiger partial charge is 0.120 e. The molecule has 48 heavy (non-hydrogen) atoms. The van der Waals surface area contributed by atoms with Crippen molar-refractivity contribution in [2.75, 3.05) is 6.61 Å². The largest absolute Gasteiger partial charge is 0.494 e. The highest BCUT2D eigenvalue weighted by atomic mass is 16.5. The zero-order valence-corrected chi connectivity index (χ0v) is 27.9. The van der Waals surface area contributed by atoms with Gasteiger partial charge in [0.05, 0.1) is 12.3 Å². The van der Waals surface area contributed by atoms with Crippen molar-refractivity contribution < 1.29 is 14.2 Å². The summed E-state index contributed by atoms with van der Waals surface area (Å²) >= 11 is 0. The maximum absolute atomic E-state index is 6.25. The van der Waals surface area contributed by atoms with Gasteiger partial charge < -0.3 is 18.8 Å². The monoisotopic (exact) mass is 634 g/mol. The van der Waals surface area contributed by atoms with Gasteiger partial charge in [0.1, 0.15) is 30.5 Å². The molecule has 1 aromatic heterocycles. The van der Waals surface area contributed by atoms with Crippen LogP contribution in [0.2, 0.25) is 0 Å². The fourth-order valence-electron chi connectivity index (χ4n) is 6.81. The molecule has 6 aromatic rings. The molecule has 0 atom stereocenters. The van der Waals surface area contributed by atoms with Crippen molar-refractivity contribution in [3.63, 3.8) is 0 Å². The van der Waals surface area contributed by atoms with Crippen LogP contribution in [0.5, 0.6) is 17.2 Å². The van der Waals surface area contributed by atoms with Crippen molar-refractivity contribution in [1.82, 2.24) is 4.57 Å².